The maximum absolute atomic E-state index is 13.4. The second-order valence-corrected chi connectivity index (χ2v) is 10.8. The van der Waals surface area contributed by atoms with Crippen molar-refractivity contribution in [2.24, 2.45) is 0 Å². The van der Waals surface area contributed by atoms with Crippen LogP contribution in [0.15, 0.2) is 54.6 Å². The highest BCUT2D eigenvalue weighted by Gasteiger charge is 2.44. The zero-order valence-electron chi connectivity index (χ0n) is 16.4. The van der Waals surface area contributed by atoms with E-state index in [-0.39, 0.29) is 0 Å². The largest absolute Gasteiger partial charge is 0.340 e. The molecule has 3 rings (SSSR count). The van der Waals surface area contributed by atoms with Gasteiger partial charge >= 0.3 is 7.60 Å². The van der Waals surface area contributed by atoms with Crippen molar-refractivity contribution in [3.63, 3.8) is 0 Å². The van der Waals surface area contributed by atoms with Crippen molar-refractivity contribution in [3.05, 3.63) is 70.6 Å². The van der Waals surface area contributed by atoms with E-state index in [1.165, 1.54) is 20.5 Å². The lowest BCUT2D eigenvalue weighted by molar-refractivity contribution is 0.201. The SMILES string of the molecule is CCOP(=O)(OCC)C(C)(C)c1ccc2sc(Cc3ccccc3)cc2c1. The van der Waals surface area contributed by atoms with Crippen LogP contribution in [0.1, 0.15) is 43.7 Å². The Morgan fingerprint density at radius 3 is 2.26 bits per heavy atom. The molecule has 0 saturated carbocycles. The first-order valence-corrected chi connectivity index (χ1v) is 11.7. The molecule has 0 unspecified atom stereocenters. The Balaban J connectivity index is 1.94. The zero-order chi connectivity index (χ0) is 19.5. The van der Waals surface area contributed by atoms with E-state index < -0.39 is 12.8 Å². The number of fused-ring (bicyclic) bond motifs is 1. The highest BCUT2D eigenvalue weighted by molar-refractivity contribution is 7.55. The van der Waals surface area contributed by atoms with E-state index in [2.05, 4.69) is 48.5 Å². The average molecular weight is 402 g/mol. The predicted molar refractivity (Wildman–Crippen MR) is 115 cm³/mol. The summed E-state index contributed by atoms with van der Waals surface area (Å²) in [5.74, 6) is 0. The molecule has 0 saturated heterocycles. The topological polar surface area (TPSA) is 35.5 Å². The summed E-state index contributed by atoms with van der Waals surface area (Å²) in [5.41, 5.74) is 2.28. The van der Waals surface area contributed by atoms with Gasteiger partial charge in [-0.2, -0.15) is 0 Å². The van der Waals surface area contributed by atoms with Crippen LogP contribution >= 0.6 is 18.9 Å². The standard InChI is InChI=1S/C22H27O3PS/c1-5-24-26(23,25-6-2)22(3,4)19-12-13-21-18(15-19)16-20(27-21)14-17-10-8-7-9-11-17/h7-13,15-16H,5-6,14H2,1-4H3. The molecule has 0 amide bonds. The summed E-state index contributed by atoms with van der Waals surface area (Å²) in [7, 11) is -3.27. The van der Waals surface area contributed by atoms with Crippen LogP contribution in [0.25, 0.3) is 10.1 Å². The molecule has 0 N–H and O–H groups in total. The van der Waals surface area contributed by atoms with Gasteiger partial charge in [-0.05, 0) is 62.4 Å². The van der Waals surface area contributed by atoms with E-state index in [0.717, 1.165) is 12.0 Å². The lowest BCUT2D eigenvalue weighted by Gasteiger charge is -2.33. The molecular weight excluding hydrogens is 375 g/mol. The van der Waals surface area contributed by atoms with Crippen LogP contribution < -0.4 is 0 Å². The van der Waals surface area contributed by atoms with E-state index in [1.54, 1.807) is 0 Å². The van der Waals surface area contributed by atoms with Gasteiger partial charge in [0.2, 0.25) is 0 Å². The van der Waals surface area contributed by atoms with Gasteiger partial charge in [-0.1, -0.05) is 36.4 Å². The minimum atomic E-state index is -3.27. The maximum Gasteiger partial charge on any atom is 0.340 e. The summed E-state index contributed by atoms with van der Waals surface area (Å²) >= 11 is 1.81. The first-order chi connectivity index (χ1) is 12.9. The zero-order valence-corrected chi connectivity index (χ0v) is 18.1. The third-order valence-corrected chi connectivity index (χ3v) is 8.72. The molecule has 0 bridgehead atoms. The molecule has 0 atom stereocenters. The van der Waals surface area contributed by atoms with E-state index in [0.29, 0.717) is 13.2 Å². The second kappa shape index (κ2) is 8.28. The molecule has 144 valence electrons. The molecule has 0 fully saturated rings. The number of hydrogen-bond donors (Lipinski definition) is 0. The van der Waals surface area contributed by atoms with E-state index >= 15 is 0 Å². The maximum atomic E-state index is 13.4. The minimum Gasteiger partial charge on any atom is -0.308 e. The van der Waals surface area contributed by atoms with E-state index in [4.69, 9.17) is 9.05 Å². The second-order valence-electron chi connectivity index (χ2n) is 7.02. The van der Waals surface area contributed by atoms with E-state index in [1.807, 2.05) is 45.1 Å². The number of rotatable bonds is 8. The lowest BCUT2D eigenvalue weighted by Crippen LogP contribution is -2.21. The van der Waals surface area contributed by atoms with Crippen molar-refractivity contribution in [2.45, 2.75) is 39.3 Å². The molecular formula is C22H27O3PS. The molecule has 2 aromatic carbocycles. The molecule has 0 aliphatic rings. The van der Waals surface area contributed by atoms with Crippen molar-refractivity contribution in [2.75, 3.05) is 13.2 Å². The third kappa shape index (κ3) is 4.20. The van der Waals surface area contributed by atoms with Gasteiger partial charge in [0, 0.05) is 16.0 Å². The van der Waals surface area contributed by atoms with Crippen LogP contribution in [-0.2, 0) is 25.2 Å². The summed E-state index contributed by atoms with van der Waals surface area (Å²) in [5, 5.41) is 0.463. The highest BCUT2D eigenvalue weighted by atomic mass is 32.1. The van der Waals surface area contributed by atoms with Crippen molar-refractivity contribution in [1.29, 1.82) is 0 Å². The normalized spacial score (nSPS) is 12.6. The Labute approximate surface area is 165 Å². The fourth-order valence-corrected chi connectivity index (χ4v) is 6.16. The third-order valence-electron chi connectivity index (χ3n) is 4.78. The van der Waals surface area contributed by atoms with Gasteiger partial charge in [0.1, 0.15) is 0 Å². The van der Waals surface area contributed by atoms with Gasteiger partial charge in [0.15, 0.2) is 0 Å². The Kier molecular flexibility index (Phi) is 6.22. The molecule has 0 spiro atoms. The van der Waals surface area contributed by atoms with Crippen molar-refractivity contribution in [1.82, 2.24) is 0 Å². The number of hydrogen-bond acceptors (Lipinski definition) is 4. The summed E-state index contributed by atoms with van der Waals surface area (Å²) in [6.45, 7) is 8.31. The monoisotopic (exact) mass is 402 g/mol. The molecule has 1 aromatic heterocycles. The summed E-state index contributed by atoms with van der Waals surface area (Å²) < 4.78 is 25.9. The highest BCUT2D eigenvalue weighted by Crippen LogP contribution is 2.64. The quantitative estimate of drug-likeness (QED) is 0.381. The molecule has 0 aliphatic heterocycles. The Morgan fingerprint density at radius 1 is 0.963 bits per heavy atom. The van der Waals surface area contributed by atoms with Crippen LogP contribution in [0.4, 0.5) is 0 Å². The van der Waals surface area contributed by atoms with Crippen LogP contribution in [0.3, 0.4) is 0 Å². The molecule has 0 radical (unpaired) electrons. The van der Waals surface area contributed by atoms with Crippen molar-refractivity contribution < 1.29 is 13.6 Å². The Morgan fingerprint density at radius 2 is 1.63 bits per heavy atom. The van der Waals surface area contributed by atoms with Gasteiger partial charge in [-0.3, -0.25) is 4.57 Å². The first-order valence-electron chi connectivity index (χ1n) is 9.35. The van der Waals surface area contributed by atoms with Gasteiger partial charge in [0.05, 0.1) is 18.4 Å². The van der Waals surface area contributed by atoms with Gasteiger partial charge in [0.25, 0.3) is 0 Å². The van der Waals surface area contributed by atoms with Crippen molar-refractivity contribution >= 4 is 29.0 Å². The smallest absolute Gasteiger partial charge is 0.308 e. The average Bonchev–Trinajstić information content (AvgIpc) is 3.04. The van der Waals surface area contributed by atoms with Crippen LogP contribution in [0.2, 0.25) is 0 Å². The predicted octanol–water partition coefficient (Wildman–Crippen LogP) is 6.99. The van der Waals surface area contributed by atoms with Crippen LogP contribution in [0.5, 0.6) is 0 Å². The number of benzene rings is 2. The lowest BCUT2D eigenvalue weighted by atomic mass is 10.0. The van der Waals surface area contributed by atoms with Gasteiger partial charge < -0.3 is 9.05 Å². The summed E-state index contributed by atoms with van der Waals surface area (Å²) in [4.78, 5) is 1.32. The van der Waals surface area contributed by atoms with Crippen LogP contribution in [-0.4, -0.2) is 13.2 Å². The Bertz CT molecular complexity index is 937. The molecule has 27 heavy (non-hydrogen) atoms. The number of thiophene rings is 1. The minimum absolute atomic E-state index is 0.364. The molecule has 5 heteroatoms. The molecule has 3 aromatic rings. The molecule has 1 heterocycles. The van der Waals surface area contributed by atoms with Gasteiger partial charge in [-0.25, -0.2) is 0 Å². The fourth-order valence-electron chi connectivity index (χ4n) is 3.22. The summed E-state index contributed by atoms with van der Waals surface area (Å²) in [6.07, 6.45) is 0.926. The first kappa shape index (κ1) is 20.3. The van der Waals surface area contributed by atoms with Gasteiger partial charge in [-0.15, -0.1) is 11.3 Å². The van der Waals surface area contributed by atoms with Crippen molar-refractivity contribution in [3.8, 4) is 0 Å². The fraction of sp³-hybridized carbons (Fsp3) is 0.364. The van der Waals surface area contributed by atoms with E-state index in [9.17, 15) is 4.57 Å². The summed E-state index contributed by atoms with van der Waals surface area (Å²) in [6, 6.07) is 19.0. The van der Waals surface area contributed by atoms with Crippen LogP contribution in [0, 0.1) is 0 Å². The molecule has 0 aliphatic carbocycles. The Hall–Kier alpha value is -1.45. The molecule has 3 nitrogen and oxygen atoms in total.